The molecule has 1 aliphatic rings. The third-order valence-electron chi connectivity index (χ3n) is 5.22. The summed E-state index contributed by atoms with van der Waals surface area (Å²) >= 11 is 14.4. The second kappa shape index (κ2) is 10.1. The van der Waals surface area contributed by atoms with Gasteiger partial charge in [-0.25, -0.2) is 8.78 Å². The molecule has 0 aliphatic carbocycles. The number of ether oxygens (including phenoxy) is 2. The van der Waals surface area contributed by atoms with Gasteiger partial charge in [-0.2, -0.15) is 0 Å². The number of aromatic nitrogens is 3. The van der Waals surface area contributed by atoms with E-state index < -0.39 is 28.7 Å². The van der Waals surface area contributed by atoms with Gasteiger partial charge in [-0.05, 0) is 49.2 Å². The molecule has 0 spiro atoms. The van der Waals surface area contributed by atoms with E-state index in [4.69, 9.17) is 32.7 Å². The van der Waals surface area contributed by atoms with Crippen LogP contribution in [0, 0.1) is 0 Å². The van der Waals surface area contributed by atoms with E-state index in [1.807, 2.05) is 6.07 Å². The van der Waals surface area contributed by atoms with Crippen molar-refractivity contribution in [1.82, 2.24) is 14.8 Å². The molecule has 1 aliphatic heterocycles. The minimum atomic E-state index is -2.88. The summed E-state index contributed by atoms with van der Waals surface area (Å²) in [6, 6.07) is 10.3. The average molecular weight is 528 g/mol. The number of halogens is 4. The number of nitrogens with zero attached hydrogens (tertiary/aromatic N) is 3. The summed E-state index contributed by atoms with van der Waals surface area (Å²) in [6.07, 6.45) is -3.29. The monoisotopic (exact) mass is 527 g/mol. The molecule has 0 radical (unpaired) electrons. The molecule has 2 aromatic carbocycles. The van der Waals surface area contributed by atoms with Crippen LogP contribution in [0.15, 0.2) is 36.4 Å². The lowest BCUT2D eigenvalue weighted by atomic mass is 10.0. The number of hydrogen-bond donors (Lipinski definition) is 0. The van der Waals surface area contributed by atoms with Crippen molar-refractivity contribution in [3.05, 3.63) is 69.2 Å². The highest BCUT2D eigenvalue weighted by Crippen LogP contribution is 2.53. The molecule has 6 nitrogen and oxygen atoms in total. The average Bonchev–Trinajstić information content (AvgIpc) is 3.17. The molecule has 3 aromatic rings. The highest BCUT2D eigenvalue weighted by molar-refractivity contribution is 8.00. The SMILES string of the molecule is COc1cccc([C@H]2S[C@H](CC(=O)OC(C)C)c3nnc(C(F)F)n3-c3ccc(Cl)cc32)c1Cl. The zero-order valence-corrected chi connectivity index (χ0v) is 20.8. The first-order valence-corrected chi connectivity index (χ1v) is 12.1. The van der Waals surface area contributed by atoms with Gasteiger partial charge < -0.3 is 9.47 Å². The molecule has 0 unspecified atom stereocenters. The van der Waals surface area contributed by atoms with Gasteiger partial charge >= 0.3 is 5.97 Å². The van der Waals surface area contributed by atoms with Gasteiger partial charge in [-0.1, -0.05) is 35.3 Å². The molecule has 0 amide bonds. The molecule has 180 valence electrons. The Morgan fingerprint density at radius 3 is 2.62 bits per heavy atom. The van der Waals surface area contributed by atoms with Gasteiger partial charge in [0.1, 0.15) is 5.75 Å². The number of benzene rings is 2. The van der Waals surface area contributed by atoms with Crippen molar-refractivity contribution in [3.63, 3.8) is 0 Å². The van der Waals surface area contributed by atoms with Gasteiger partial charge in [0.15, 0.2) is 5.82 Å². The minimum absolute atomic E-state index is 0.0932. The molecule has 11 heteroatoms. The quantitative estimate of drug-likeness (QED) is 0.330. The molecular formula is C23H21Cl2F2N3O3S. The molecule has 0 saturated heterocycles. The Labute approximate surface area is 209 Å². The molecule has 2 atom stereocenters. The lowest BCUT2D eigenvalue weighted by Gasteiger charge is -2.23. The van der Waals surface area contributed by atoms with Crippen molar-refractivity contribution in [2.45, 2.75) is 43.3 Å². The van der Waals surface area contributed by atoms with Gasteiger partial charge in [0.25, 0.3) is 6.43 Å². The molecule has 2 heterocycles. The van der Waals surface area contributed by atoms with E-state index in [1.54, 1.807) is 44.2 Å². The predicted molar refractivity (Wildman–Crippen MR) is 127 cm³/mol. The zero-order valence-electron chi connectivity index (χ0n) is 18.5. The van der Waals surface area contributed by atoms with Crippen LogP contribution in [0.1, 0.15) is 60.0 Å². The number of carbonyl (C=O) groups excluding carboxylic acids is 1. The number of methoxy groups -OCH3 is 1. The van der Waals surface area contributed by atoms with Gasteiger partial charge in [0, 0.05) is 5.02 Å². The topological polar surface area (TPSA) is 66.2 Å². The maximum absolute atomic E-state index is 14.0. The van der Waals surface area contributed by atoms with Crippen LogP contribution >= 0.6 is 35.0 Å². The fraction of sp³-hybridized carbons (Fsp3) is 0.348. The Hall–Kier alpha value is -2.36. The fourth-order valence-electron chi connectivity index (χ4n) is 3.87. The second-order valence-electron chi connectivity index (χ2n) is 7.87. The van der Waals surface area contributed by atoms with E-state index in [0.29, 0.717) is 32.6 Å². The highest BCUT2D eigenvalue weighted by Gasteiger charge is 2.37. The summed E-state index contributed by atoms with van der Waals surface area (Å²) < 4.78 is 39.9. The van der Waals surface area contributed by atoms with Crippen LogP contribution in [0.4, 0.5) is 8.78 Å². The van der Waals surface area contributed by atoms with Gasteiger partial charge in [0.05, 0.1) is 40.8 Å². The first kappa shape index (κ1) is 24.8. The van der Waals surface area contributed by atoms with Crippen molar-refractivity contribution >= 4 is 40.9 Å². The molecule has 0 bridgehead atoms. The maximum atomic E-state index is 14.0. The smallest absolute Gasteiger partial charge is 0.307 e. The summed E-state index contributed by atoms with van der Waals surface area (Å²) in [5, 5.41) is 7.49. The number of hydrogen-bond acceptors (Lipinski definition) is 6. The van der Waals surface area contributed by atoms with Gasteiger partial charge in [0.2, 0.25) is 5.82 Å². The maximum Gasteiger partial charge on any atom is 0.307 e. The lowest BCUT2D eigenvalue weighted by molar-refractivity contribution is -0.147. The van der Waals surface area contributed by atoms with Crippen LogP contribution in [-0.4, -0.2) is 33.9 Å². The summed E-state index contributed by atoms with van der Waals surface area (Å²) in [4.78, 5) is 12.6. The van der Waals surface area contributed by atoms with Gasteiger partial charge in [-0.15, -0.1) is 22.0 Å². The highest BCUT2D eigenvalue weighted by atomic mass is 35.5. The Bertz CT molecular complexity index is 1220. The number of carbonyl (C=O) groups is 1. The summed E-state index contributed by atoms with van der Waals surface area (Å²) in [5.74, 6) is -0.291. The molecular weight excluding hydrogens is 507 g/mol. The third kappa shape index (κ3) is 4.74. The van der Waals surface area contributed by atoms with E-state index in [2.05, 4.69) is 10.2 Å². The summed E-state index contributed by atoms with van der Waals surface area (Å²) in [6.45, 7) is 3.48. The molecule has 4 rings (SSSR count). The van der Waals surface area contributed by atoms with Crippen molar-refractivity contribution < 1.29 is 23.0 Å². The summed E-state index contributed by atoms with van der Waals surface area (Å²) in [7, 11) is 1.51. The largest absolute Gasteiger partial charge is 0.495 e. The van der Waals surface area contributed by atoms with E-state index in [9.17, 15) is 13.6 Å². The zero-order chi connectivity index (χ0) is 24.6. The molecule has 0 N–H and O–H groups in total. The van der Waals surface area contributed by atoms with Crippen LogP contribution in [0.2, 0.25) is 10.0 Å². The van der Waals surface area contributed by atoms with Crippen molar-refractivity contribution in [3.8, 4) is 11.4 Å². The first-order chi connectivity index (χ1) is 16.2. The molecule has 0 fully saturated rings. The lowest BCUT2D eigenvalue weighted by Crippen LogP contribution is -2.16. The number of esters is 1. The Morgan fingerprint density at radius 1 is 1.18 bits per heavy atom. The number of alkyl halides is 2. The van der Waals surface area contributed by atoms with Crippen molar-refractivity contribution in [1.29, 1.82) is 0 Å². The normalized spacial score (nSPS) is 17.3. The molecule has 0 saturated carbocycles. The Balaban J connectivity index is 1.94. The van der Waals surface area contributed by atoms with Crippen LogP contribution in [0.5, 0.6) is 5.75 Å². The van der Waals surface area contributed by atoms with E-state index >= 15 is 0 Å². The first-order valence-electron chi connectivity index (χ1n) is 10.4. The Kier molecular flexibility index (Phi) is 7.35. The third-order valence-corrected chi connectivity index (χ3v) is 7.35. The molecule has 34 heavy (non-hydrogen) atoms. The van der Waals surface area contributed by atoms with Crippen molar-refractivity contribution in [2.24, 2.45) is 0 Å². The van der Waals surface area contributed by atoms with Crippen LogP contribution < -0.4 is 4.74 Å². The molecule has 1 aromatic heterocycles. The predicted octanol–water partition coefficient (Wildman–Crippen LogP) is 6.74. The minimum Gasteiger partial charge on any atom is -0.495 e. The standard InChI is InChI=1S/C23H21Cl2F2N3O3S/c1-11(2)33-18(31)10-17-22-28-29-23(21(26)27)30(22)15-8-7-12(24)9-14(15)20(34-17)13-5-4-6-16(32-3)19(13)25/h4-9,11,17,20-21H,10H2,1-3H3/t17-,20-/m1/s1. The van der Waals surface area contributed by atoms with E-state index in [1.165, 1.54) is 23.4 Å². The van der Waals surface area contributed by atoms with Gasteiger partial charge in [-0.3, -0.25) is 9.36 Å². The van der Waals surface area contributed by atoms with Crippen LogP contribution in [0.3, 0.4) is 0 Å². The van der Waals surface area contributed by atoms with Crippen LogP contribution in [0.25, 0.3) is 5.69 Å². The number of fused-ring (bicyclic) bond motifs is 3. The fourth-order valence-corrected chi connectivity index (χ4v) is 5.94. The number of thioether (sulfide) groups is 1. The van der Waals surface area contributed by atoms with Crippen molar-refractivity contribution in [2.75, 3.05) is 7.11 Å². The van der Waals surface area contributed by atoms with E-state index in [-0.39, 0.29) is 18.3 Å². The Morgan fingerprint density at radius 2 is 1.94 bits per heavy atom. The van der Waals surface area contributed by atoms with E-state index in [0.717, 1.165) is 0 Å². The second-order valence-corrected chi connectivity index (χ2v) is 9.99. The number of rotatable bonds is 6. The summed E-state index contributed by atoms with van der Waals surface area (Å²) in [5.41, 5.74) is 1.76. The van der Waals surface area contributed by atoms with Crippen LogP contribution in [-0.2, 0) is 9.53 Å².